The van der Waals surface area contributed by atoms with Crippen molar-refractivity contribution >= 4 is 15.7 Å². The maximum atomic E-state index is 13.3. The average Bonchev–Trinajstić information content (AvgIpc) is 3.00. The summed E-state index contributed by atoms with van der Waals surface area (Å²) in [6, 6.07) is 15.1. The highest BCUT2D eigenvalue weighted by molar-refractivity contribution is 7.92. The minimum atomic E-state index is -3.66. The Bertz CT molecular complexity index is 880. The van der Waals surface area contributed by atoms with Crippen LogP contribution in [0.3, 0.4) is 0 Å². The van der Waals surface area contributed by atoms with E-state index >= 15 is 0 Å². The zero-order valence-corrected chi connectivity index (χ0v) is 15.8. The monoisotopic (exact) mass is 373 g/mol. The number of carbonyl (C=O) groups is 1. The Labute approximate surface area is 154 Å². The molecule has 2 atom stereocenters. The highest BCUT2D eigenvalue weighted by Crippen LogP contribution is 2.42. The second-order valence-electron chi connectivity index (χ2n) is 6.37. The molecule has 2 aromatic rings. The van der Waals surface area contributed by atoms with Gasteiger partial charge in [0.15, 0.2) is 9.84 Å². The fourth-order valence-electron chi connectivity index (χ4n) is 3.60. The van der Waals surface area contributed by atoms with Crippen molar-refractivity contribution in [3.05, 3.63) is 60.2 Å². The van der Waals surface area contributed by atoms with Crippen molar-refractivity contribution in [1.82, 2.24) is 4.90 Å². The van der Waals surface area contributed by atoms with Crippen LogP contribution >= 0.6 is 0 Å². The van der Waals surface area contributed by atoms with Gasteiger partial charge in [-0.1, -0.05) is 43.3 Å². The lowest BCUT2D eigenvalue weighted by atomic mass is 10.0. The van der Waals surface area contributed by atoms with Crippen LogP contribution in [0.2, 0.25) is 0 Å². The number of ether oxygens (including phenoxy) is 1. The van der Waals surface area contributed by atoms with Gasteiger partial charge in [-0.2, -0.15) is 0 Å². The van der Waals surface area contributed by atoms with Gasteiger partial charge in [0, 0.05) is 18.5 Å². The molecule has 1 aliphatic rings. The van der Waals surface area contributed by atoms with E-state index in [2.05, 4.69) is 0 Å². The van der Waals surface area contributed by atoms with E-state index in [1.165, 1.54) is 0 Å². The van der Waals surface area contributed by atoms with Crippen molar-refractivity contribution in [2.75, 3.05) is 13.7 Å². The van der Waals surface area contributed by atoms with Crippen molar-refractivity contribution in [3.8, 4) is 5.75 Å². The highest BCUT2D eigenvalue weighted by atomic mass is 32.2. The van der Waals surface area contributed by atoms with Crippen LogP contribution < -0.4 is 4.74 Å². The third-order valence-corrected chi connectivity index (χ3v) is 6.93. The molecule has 1 amide bonds. The van der Waals surface area contributed by atoms with Gasteiger partial charge in [0.05, 0.1) is 23.3 Å². The van der Waals surface area contributed by atoms with E-state index in [4.69, 9.17) is 4.74 Å². The summed E-state index contributed by atoms with van der Waals surface area (Å²) in [5.74, 6) is 0.467. The van der Waals surface area contributed by atoms with Crippen molar-refractivity contribution in [2.24, 2.45) is 0 Å². The Morgan fingerprint density at radius 1 is 1.08 bits per heavy atom. The van der Waals surface area contributed by atoms with Crippen LogP contribution in [0.4, 0.5) is 0 Å². The number of carbonyl (C=O) groups excluding carboxylic acids is 1. The van der Waals surface area contributed by atoms with Crippen LogP contribution in [0.25, 0.3) is 0 Å². The SMILES string of the molecule is CCCN1C(=O)C[C@@H](S(=O)(=O)c2ccccc2)[C@@H]1c1ccccc1OC. The maximum Gasteiger partial charge on any atom is 0.224 e. The largest absolute Gasteiger partial charge is 0.496 e. The molecule has 2 aromatic carbocycles. The molecule has 3 rings (SSSR count). The summed E-state index contributed by atoms with van der Waals surface area (Å²) in [6.45, 7) is 2.49. The number of likely N-dealkylation sites (tertiary alicyclic amines) is 1. The minimum Gasteiger partial charge on any atom is -0.496 e. The van der Waals surface area contributed by atoms with Gasteiger partial charge in [0.1, 0.15) is 5.75 Å². The number of hydrogen-bond acceptors (Lipinski definition) is 4. The summed E-state index contributed by atoms with van der Waals surface area (Å²) in [7, 11) is -2.11. The molecular formula is C20H23NO4S. The standard InChI is InChI=1S/C20H23NO4S/c1-3-13-21-19(22)14-18(26(23,24)15-9-5-4-6-10-15)20(21)16-11-7-8-12-17(16)25-2/h4-12,18,20H,3,13-14H2,1-2H3/t18-,20+/m1/s1. The van der Waals surface area contributed by atoms with E-state index in [0.717, 1.165) is 12.0 Å². The molecule has 0 bridgehead atoms. The van der Waals surface area contributed by atoms with E-state index in [1.54, 1.807) is 48.4 Å². The lowest BCUT2D eigenvalue weighted by Gasteiger charge is -2.29. The molecule has 0 saturated carbocycles. The number of hydrogen-bond donors (Lipinski definition) is 0. The second-order valence-corrected chi connectivity index (χ2v) is 8.54. The number of rotatable bonds is 6. The first-order valence-corrected chi connectivity index (χ1v) is 10.3. The van der Waals surface area contributed by atoms with E-state index in [-0.39, 0.29) is 17.2 Å². The van der Waals surface area contributed by atoms with Gasteiger partial charge in [-0.3, -0.25) is 4.79 Å². The molecule has 0 radical (unpaired) electrons. The molecule has 1 saturated heterocycles. The maximum absolute atomic E-state index is 13.3. The molecular weight excluding hydrogens is 350 g/mol. The van der Waals surface area contributed by atoms with Crippen molar-refractivity contribution in [2.45, 2.75) is 36.0 Å². The van der Waals surface area contributed by atoms with Crippen molar-refractivity contribution in [1.29, 1.82) is 0 Å². The van der Waals surface area contributed by atoms with E-state index in [0.29, 0.717) is 12.3 Å². The number of sulfone groups is 1. The molecule has 0 N–H and O–H groups in total. The first-order chi connectivity index (χ1) is 12.5. The number of methoxy groups -OCH3 is 1. The Morgan fingerprint density at radius 2 is 1.73 bits per heavy atom. The van der Waals surface area contributed by atoms with E-state index < -0.39 is 21.1 Å². The van der Waals surface area contributed by atoms with Gasteiger partial charge in [-0.15, -0.1) is 0 Å². The average molecular weight is 373 g/mol. The molecule has 1 aliphatic heterocycles. The van der Waals surface area contributed by atoms with Gasteiger partial charge in [-0.25, -0.2) is 8.42 Å². The third-order valence-electron chi connectivity index (χ3n) is 4.78. The highest BCUT2D eigenvalue weighted by Gasteiger charge is 2.48. The van der Waals surface area contributed by atoms with Crippen molar-refractivity contribution < 1.29 is 17.9 Å². The number of benzene rings is 2. The lowest BCUT2D eigenvalue weighted by molar-refractivity contribution is -0.129. The van der Waals surface area contributed by atoms with Crippen LogP contribution in [0.15, 0.2) is 59.5 Å². The summed E-state index contributed by atoms with van der Waals surface area (Å²) in [6.07, 6.45) is 0.745. The summed E-state index contributed by atoms with van der Waals surface area (Å²) in [5, 5.41) is -0.833. The number of nitrogens with zero attached hydrogens (tertiary/aromatic N) is 1. The summed E-state index contributed by atoms with van der Waals surface area (Å²) in [5.41, 5.74) is 0.735. The quantitative estimate of drug-likeness (QED) is 0.780. The van der Waals surface area contributed by atoms with Gasteiger partial charge in [-0.05, 0) is 24.6 Å². The zero-order chi connectivity index (χ0) is 18.7. The van der Waals surface area contributed by atoms with Gasteiger partial charge in [0.2, 0.25) is 5.91 Å². The number of para-hydroxylation sites is 1. The third kappa shape index (κ3) is 3.21. The van der Waals surface area contributed by atoms with Crippen LogP contribution in [0, 0.1) is 0 Å². The summed E-state index contributed by atoms with van der Waals surface area (Å²) >= 11 is 0. The van der Waals surface area contributed by atoms with Gasteiger partial charge in [0.25, 0.3) is 0 Å². The number of amides is 1. The molecule has 5 nitrogen and oxygen atoms in total. The molecule has 0 aromatic heterocycles. The molecule has 0 unspecified atom stereocenters. The van der Waals surface area contributed by atoms with Crippen LogP contribution in [0.5, 0.6) is 5.75 Å². The Kier molecular flexibility index (Phi) is 5.32. The predicted molar refractivity (Wildman–Crippen MR) is 99.8 cm³/mol. The van der Waals surface area contributed by atoms with Gasteiger partial charge >= 0.3 is 0 Å². The molecule has 6 heteroatoms. The molecule has 1 heterocycles. The second kappa shape index (κ2) is 7.50. The summed E-state index contributed by atoms with van der Waals surface area (Å²) < 4.78 is 32.0. The predicted octanol–water partition coefficient (Wildman–Crippen LogP) is 3.22. The summed E-state index contributed by atoms with van der Waals surface area (Å²) in [4.78, 5) is 14.6. The van der Waals surface area contributed by atoms with Gasteiger partial charge < -0.3 is 9.64 Å². The molecule has 138 valence electrons. The molecule has 0 aliphatic carbocycles. The van der Waals surface area contributed by atoms with Crippen LogP contribution in [-0.2, 0) is 14.6 Å². The first-order valence-electron chi connectivity index (χ1n) is 8.72. The lowest BCUT2D eigenvalue weighted by Crippen LogP contribution is -2.33. The topological polar surface area (TPSA) is 63.7 Å². The fourth-order valence-corrected chi connectivity index (χ4v) is 5.49. The Hall–Kier alpha value is -2.34. The van der Waals surface area contributed by atoms with E-state index in [1.807, 2.05) is 25.1 Å². The smallest absolute Gasteiger partial charge is 0.224 e. The normalized spacial score (nSPS) is 20.4. The fraction of sp³-hybridized carbons (Fsp3) is 0.350. The molecule has 26 heavy (non-hydrogen) atoms. The minimum absolute atomic E-state index is 0.0139. The van der Waals surface area contributed by atoms with Crippen LogP contribution in [0.1, 0.15) is 31.4 Å². The molecule has 0 spiro atoms. The van der Waals surface area contributed by atoms with Crippen LogP contribution in [-0.4, -0.2) is 38.1 Å². The zero-order valence-electron chi connectivity index (χ0n) is 15.0. The first kappa shape index (κ1) is 18.5. The Balaban J connectivity index is 2.13. The molecule has 1 fully saturated rings. The Morgan fingerprint density at radius 3 is 2.38 bits per heavy atom. The van der Waals surface area contributed by atoms with E-state index in [9.17, 15) is 13.2 Å². The van der Waals surface area contributed by atoms with Crippen molar-refractivity contribution in [3.63, 3.8) is 0 Å².